The third-order valence-electron chi connectivity index (χ3n) is 5.74. The molecule has 2 aromatic carbocycles. The van der Waals surface area contributed by atoms with Gasteiger partial charge in [-0.05, 0) is 31.9 Å². The Balaban J connectivity index is 1.27. The second-order valence-corrected chi connectivity index (χ2v) is 9.74. The zero-order valence-electron chi connectivity index (χ0n) is 20.6. The van der Waals surface area contributed by atoms with Crippen molar-refractivity contribution in [3.8, 4) is 28.4 Å². The summed E-state index contributed by atoms with van der Waals surface area (Å²) < 4.78 is 11.2. The Kier molecular flexibility index (Phi) is 7.73. The van der Waals surface area contributed by atoms with Gasteiger partial charge in [-0.3, -0.25) is 4.90 Å². The van der Waals surface area contributed by atoms with Crippen molar-refractivity contribution in [3.63, 3.8) is 0 Å². The lowest BCUT2D eigenvalue weighted by atomic mass is 9.99. The van der Waals surface area contributed by atoms with E-state index < -0.39 is 11.7 Å². The molecule has 1 aromatic heterocycles. The van der Waals surface area contributed by atoms with Gasteiger partial charge in [-0.25, -0.2) is 9.78 Å². The van der Waals surface area contributed by atoms with Crippen LogP contribution in [0.1, 0.15) is 20.8 Å². The Labute approximate surface area is 206 Å². The Bertz CT molecular complexity index is 1100. The molecule has 8 nitrogen and oxygen atoms in total. The number of carbonyl (C=O) groups excluding carboxylic acids is 1. The quantitative estimate of drug-likeness (QED) is 0.533. The number of nitrogens with zero attached hydrogens (tertiary/aromatic N) is 3. The monoisotopic (exact) mass is 478 g/mol. The number of imidazole rings is 1. The zero-order chi connectivity index (χ0) is 24.8. The van der Waals surface area contributed by atoms with E-state index in [1.807, 2.05) is 57.2 Å². The first-order valence-electron chi connectivity index (χ1n) is 12.0. The van der Waals surface area contributed by atoms with Gasteiger partial charge >= 0.3 is 6.09 Å². The molecule has 1 saturated heterocycles. The molecule has 3 aromatic rings. The number of rotatable bonds is 7. The maximum absolute atomic E-state index is 12.2. The molecule has 2 heterocycles. The summed E-state index contributed by atoms with van der Waals surface area (Å²) in [4.78, 5) is 23.8. The fourth-order valence-corrected chi connectivity index (χ4v) is 4.05. The topological polar surface area (TPSA) is 90.9 Å². The van der Waals surface area contributed by atoms with E-state index in [4.69, 9.17) is 9.47 Å². The number of nitrogens with one attached hydrogen (secondary N) is 1. The summed E-state index contributed by atoms with van der Waals surface area (Å²) in [6.07, 6.45) is 0.694. The number of aromatic amines is 1. The number of hydrogen-bond acceptors (Lipinski definition) is 6. The summed E-state index contributed by atoms with van der Waals surface area (Å²) in [6, 6.07) is 18.3. The molecule has 1 atom stereocenters. The van der Waals surface area contributed by atoms with Gasteiger partial charge < -0.3 is 24.5 Å². The number of ether oxygens (including phenoxy) is 2. The van der Waals surface area contributed by atoms with Crippen molar-refractivity contribution in [1.82, 2.24) is 19.8 Å². The largest absolute Gasteiger partial charge is 0.475 e. The Morgan fingerprint density at radius 2 is 1.69 bits per heavy atom. The molecule has 186 valence electrons. The highest BCUT2D eigenvalue weighted by Crippen LogP contribution is 2.31. The van der Waals surface area contributed by atoms with E-state index in [1.54, 1.807) is 11.1 Å². The van der Waals surface area contributed by atoms with Crippen molar-refractivity contribution in [2.75, 3.05) is 39.3 Å². The van der Waals surface area contributed by atoms with Gasteiger partial charge in [0.05, 0.1) is 6.20 Å². The van der Waals surface area contributed by atoms with E-state index in [-0.39, 0.29) is 12.7 Å². The fraction of sp³-hybridized carbons (Fsp3) is 0.407. The van der Waals surface area contributed by atoms with Gasteiger partial charge in [-0.2, -0.15) is 0 Å². The molecule has 0 saturated carbocycles. The third kappa shape index (κ3) is 6.83. The minimum atomic E-state index is -0.661. The lowest BCUT2D eigenvalue weighted by molar-refractivity contribution is 0.00698. The Morgan fingerprint density at radius 3 is 2.37 bits per heavy atom. The number of aliphatic hydroxyl groups excluding tert-OH is 1. The van der Waals surface area contributed by atoms with Crippen LogP contribution >= 0.6 is 0 Å². The number of amides is 1. The van der Waals surface area contributed by atoms with E-state index in [9.17, 15) is 9.90 Å². The Hall–Kier alpha value is -3.36. The first-order chi connectivity index (χ1) is 16.8. The Morgan fingerprint density at radius 1 is 1.03 bits per heavy atom. The molecule has 1 aliphatic heterocycles. The molecule has 35 heavy (non-hydrogen) atoms. The summed E-state index contributed by atoms with van der Waals surface area (Å²) in [7, 11) is 0. The fourth-order valence-electron chi connectivity index (χ4n) is 4.05. The van der Waals surface area contributed by atoms with Crippen molar-refractivity contribution in [2.24, 2.45) is 0 Å². The first kappa shape index (κ1) is 24.8. The summed E-state index contributed by atoms with van der Waals surface area (Å²) in [5.41, 5.74) is 2.68. The number of H-pyrrole nitrogens is 1. The van der Waals surface area contributed by atoms with Gasteiger partial charge in [0.25, 0.3) is 0 Å². The SMILES string of the molecule is CC(C)(C)OC(=O)N1CCN(CC(O)COc2cnc(-c3ccccc3-c3ccccc3)[nH]2)CC1. The summed E-state index contributed by atoms with van der Waals surface area (Å²) >= 11 is 0. The molecule has 4 rings (SSSR count). The molecule has 8 heteroatoms. The molecule has 0 radical (unpaired) electrons. The standard InChI is InChI=1S/C27H34N4O4/c1-27(2,3)35-26(33)31-15-13-30(14-16-31)18-21(32)19-34-24-17-28-25(29-24)23-12-8-7-11-22(23)20-9-5-4-6-10-20/h4-12,17,21,32H,13-16,18-19H2,1-3H3,(H,28,29). The molecular formula is C27H34N4O4. The predicted molar refractivity (Wildman–Crippen MR) is 135 cm³/mol. The maximum Gasteiger partial charge on any atom is 0.410 e. The lowest BCUT2D eigenvalue weighted by Gasteiger charge is -2.36. The number of aliphatic hydroxyl groups is 1. The number of aromatic nitrogens is 2. The minimum Gasteiger partial charge on any atom is -0.475 e. The van der Waals surface area contributed by atoms with Crippen LogP contribution in [0.15, 0.2) is 60.8 Å². The van der Waals surface area contributed by atoms with Crippen LogP contribution in [0.3, 0.4) is 0 Å². The first-order valence-corrected chi connectivity index (χ1v) is 12.0. The van der Waals surface area contributed by atoms with E-state index >= 15 is 0 Å². The zero-order valence-corrected chi connectivity index (χ0v) is 20.6. The highest BCUT2D eigenvalue weighted by Gasteiger charge is 2.26. The molecule has 0 spiro atoms. The van der Waals surface area contributed by atoms with Crippen LogP contribution in [0.5, 0.6) is 5.88 Å². The normalized spacial score (nSPS) is 15.6. The van der Waals surface area contributed by atoms with Gasteiger partial charge in [-0.1, -0.05) is 54.6 Å². The number of carbonyl (C=O) groups is 1. The molecule has 1 fully saturated rings. The van der Waals surface area contributed by atoms with Crippen molar-refractivity contribution in [3.05, 3.63) is 60.8 Å². The number of piperazine rings is 1. The maximum atomic E-state index is 12.2. The lowest BCUT2D eigenvalue weighted by Crippen LogP contribution is -2.51. The van der Waals surface area contributed by atoms with Gasteiger partial charge in [-0.15, -0.1) is 0 Å². The van der Waals surface area contributed by atoms with E-state index in [0.29, 0.717) is 44.4 Å². The summed E-state index contributed by atoms with van der Waals surface area (Å²) in [6.45, 7) is 8.73. The van der Waals surface area contributed by atoms with Gasteiger partial charge in [0.1, 0.15) is 24.1 Å². The van der Waals surface area contributed by atoms with Crippen LogP contribution in [0.4, 0.5) is 4.79 Å². The second-order valence-electron chi connectivity index (χ2n) is 9.74. The highest BCUT2D eigenvalue weighted by atomic mass is 16.6. The van der Waals surface area contributed by atoms with E-state index in [0.717, 1.165) is 16.7 Å². The average molecular weight is 479 g/mol. The van der Waals surface area contributed by atoms with E-state index in [2.05, 4.69) is 33.1 Å². The van der Waals surface area contributed by atoms with Gasteiger partial charge in [0.2, 0.25) is 5.88 Å². The molecule has 1 aliphatic rings. The molecule has 0 bridgehead atoms. The van der Waals surface area contributed by atoms with Crippen LogP contribution < -0.4 is 4.74 Å². The van der Waals surface area contributed by atoms with E-state index in [1.165, 1.54) is 0 Å². The van der Waals surface area contributed by atoms with Crippen molar-refractivity contribution >= 4 is 6.09 Å². The molecule has 0 aliphatic carbocycles. The van der Waals surface area contributed by atoms with Crippen molar-refractivity contribution in [1.29, 1.82) is 0 Å². The van der Waals surface area contributed by atoms with Crippen LogP contribution in [0, 0.1) is 0 Å². The van der Waals surface area contributed by atoms with Crippen LogP contribution in [-0.2, 0) is 4.74 Å². The second kappa shape index (κ2) is 10.9. The molecule has 2 N–H and O–H groups in total. The minimum absolute atomic E-state index is 0.147. The van der Waals surface area contributed by atoms with Crippen LogP contribution in [0.25, 0.3) is 22.5 Å². The summed E-state index contributed by atoms with van der Waals surface area (Å²) in [5, 5.41) is 10.5. The molecule has 1 amide bonds. The summed E-state index contributed by atoms with van der Waals surface area (Å²) in [5.74, 6) is 1.23. The number of β-amino-alcohol motifs (C(OH)–C–C–N with tert-alkyl or cyclic N) is 1. The van der Waals surface area contributed by atoms with Crippen molar-refractivity contribution < 1.29 is 19.4 Å². The third-order valence-corrected chi connectivity index (χ3v) is 5.74. The van der Waals surface area contributed by atoms with Crippen LogP contribution in [0.2, 0.25) is 0 Å². The average Bonchev–Trinajstić information content (AvgIpc) is 3.32. The van der Waals surface area contributed by atoms with Crippen LogP contribution in [-0.4, -0.2) is 82.0 Å². The predicted octanol–water partition coefficient (Wildman–Crippen LogP) is 4.04. The number of hydrogen-bond donors (Lipinski definition) is 2. The van der Waals surface area contributed by atoms with Gasteiger partial charge in [0, 0.05) is 38.3 Å². The van der Waals surface area contributed by atoms with Gasteiger partial charge in [0.15, 0.2) is 0 Å². The molecular weight excluding hydrogens is 444 g/mol. The van der Waals surface area contributed by atoms with Crippen molar-refractivity contribution in [2.45, 2.75) is 32.5 Å². The highest BCUT2D eigenvalue weighted by molar-refractivity contribution is 5.80. The molecule has 1 unspecified atom stereocenters. The number of benzene rings is 2. The smallest absolute Gasteiger partial charge is 0.410 e.